The van der Waals surface area contributed by atoms with Crippen molar-refractivity contribution < 1.29 is 9.53 Å². The summed E-state index contributed by atoms with van der Waals surface area (Å²) in [6.07, 6.45) is 5.46. The molecule has 1 saturated heterocycles. The number of nitrogens with zero attached hydrogens (tertiary/aromatic N) is 3. The molecule has 146 valence electrons. The Morgan fingerprint density at radius 2 is 2.17 bits per heavy atom. The Labute approximate surface area is 167 Å². The van der Waals surface area contributed by atoms with E-state index in [4.69, 9.17) is 4.74 Å². The van der Waals surface area contributed by atoms with Crippen LogP contribution in [0.2, 0.25) is 0 Å². The molecule has 1 fully saturated rings. The quantitative estimate of drug-likeness (QED) is 0.555. The van der Waals surface area contributed by atoms with Gasteiger partial charge in [0.15, 0.2) is 0 Å². The molecule has 7 nitrogen and oxygen atoms in total. The smallest absolute Gasteiger partial charge is 0.270 e. The summed E-state index contributed by atoms with van der Waals surface area (Å²) in [6, 6.07) is 13.8. The number of carbonyl (C=O) groups excluding carboxylic acids is 1. The Kier molecular flexibility index (Phi) is 4.27. The summed E-state index contributed by atoms with van der Waals surface area (Å²) in [5, 5.41) is 7.68. The van der Waals surface area contributed by atoms with Gasteiger partial charge in [-0.05, 0) is 48.7 Å². The number of amides is 1. The number of nitrogens with one attached hydrogen (secondary N) is 2. The number of benzene rings is 1. The summed E-state index contributed by atoms with van der Waals surface area (Å²) in [4.78, 5) is 23.1. The molecule has 4 heterocycles. The van der Waals surface area contributed by atoms with Crippen molar-refractivity contribution in [1.82, 2.24) is 25.1 Å². The molecule has 4 aromatic rings. The van der Waals surface area contributed by atoms with Gasteiger partial charge in [0.1, 0.15) is 17.1 Å². The molecule has 1 atom stereocenters. The van der Waals surface area contributed by atoms with E-state index in [-0.39, 0.29) is 11.9 Å². The molecular weight excluding hydrogens is 366 g/mol. The number of H-pyrrole nitrogens is 2. The van der Waals surface area contributed by atoms with Gasteiger partial charge in [-0.3, -0.25) is 9.89 Å². The van der Waals surface area contributed by atoms with Crippen LogP contribution in [0.3, 0.4) is 0 Å². The summed E-state index contributed by atoms with van der Waals surface area (Å²) in [7, 11) is 1.66. The lowest BCUT2D eigenvalue weighted by atomic mass is 10.0. The van der Waals surface area contributed by atoms with Crippen molar-refractivity contribution in [3.8, 4) is 17.0 Å². The van der Waals surface area contributed by atoms with Gasteiger partial charge in [-0.25, -0.2) is 4.98 Å². The Hall–Kier alpha value is -3.61. The minimum absolute atomic E-state index is 0.00168. The molecule has 0 unspecified atom stereocenters. The van der Waals surface area contributed by atoms with E-state index < -0.39 is 0 Å². The van der Waals surface area contributed by atoms with Crippen molar-refractivity contribution >= 4 is 16.9 Å². The lowest BCUT2D eigenvalue weighted by Gasteiger charge is -2.25. The lowest BCUT2D eigenvalue weighted by Crippen LogP contribution is -2.30. The number of hydrogen-bond donors (Lipinski definition) is 2. The van der Waals surface area contributed by atoms with Gasteiger partial charge in [0.25, 0.3) is 5.91 Å². The fourth-order valence-corrected chi connectivity index (χ4v) is 4.03. The van der Waals surface area contributed by atoms with Crippen LogP contribution < -0.4 is 4.74 Å². The second-order valence-electron chi connectivity index (χ2n) is 7.24. The minimum atomic E-state index is -0.00168. The van der Waals surface area contributed by atoms with Crippen LogP contribution in [0.15, 0.2) is 54.9 Å². The molecule has 0 bridgehead atoms. The maximum atomic E-state index is 13.3. The monoisotopic (exact) mass is 387 g/mol. The number of pyridine rings is 1. The maximum Gasteiger partial charge on any atom is 0.270 e. The molecule has 1 aliphatic heterocycles. The summed E-state index contributed by atoms with van der Waals surface area (Å²) >= 11 is 0. The number of aromatic amines is 2. The van der Waals surface area contributed by atoms with Crippen molar-refractivity contribution in [2.45, 2.75) is 18.9 Å². The van der Waals surface area contributed by atoms with Crippen LogP contribution in [0, 0.1) is 0 Å². The van der Waals surface area contributed by atoms with Gasteiger partial charge in [-0.2, -0.15) is 5.10 Å². The molecule has 2 N–H and O–H groups in total. The van der Waals surface area contributed by atoms with E-state index in [9.17, 15) is 4.79 Å². The van der Waals surface area contributed by atoms with Crippen molar-refractivity contribution in [1.29, 1.82) is 0 Å². The standard InChI is InChI=1S/C22H21N5O2/c1-29-17-5-2-4-14(10-17)20-6-3-9-27(20)22(28)19-11-15-7-8-18(25-21(15)26-19)16-12-23-24-13-16/h2,4-5,7-8,10-13,20H,3,6,9H2,1H3,(H,23,24)(H,25,26)/t20-/m0/s1. The molecule has 0 saturated carbocycles. The van der Waals surface area contributed by atoms with Crippen molar-refractivity contribution in [3.05, 3.63) is 66.1 Å². The predicted molar refractivity (Wildman–Crippen MR) is 110 cm³/mol. The van der Waals surface area contributed by atoms with Crippen molar-refractivity contribution in [3.63, 3.8) is 0 Å². The second-order valence-corrected chi connectivity index (χ2v) is 7.24. The molecule has 0 aliphatic carbocycles. The van der Waals surface area contributed by atoms with Gasteiger partial charge in [0, 0.05) is 23.7 Å². The zero-order chi connectivity index (χ0) is 19.8. The van der Waals surface area contributed by atoms with E-state index in [0.717, 1.165) is 47.3 Å². The third-order valence-electron chi connectivity index (χ3n) is 5.50. The highest BCUT2D eigenvalue weighted by atomic mass is 16.5. The highest BCUT2D eigenvalue weighted by Crippen LogP contribution is 2.34. The SMILES string of the molecule is COc1cccc([C@@H]2CCCN2C(=O)c2cc3ccc(-c4cn[nH]c4)nc3[nH]2)c1. The fraction of sp³-hybridized carbons (Fsp3) is 0.227. The average Bonchev–Trinajstić information content (AvgIpc) is 3.52. The molecule has 0 radical (unpaired) electrons. The van der Waals surface area contributed by atoms with Gasteiger partial charge in [-0.1, -0.05) is 12.1 Å². The van der Waals surface area contributed by atoms with E-state index in [1.165, 1.54) is 0 Å². The Morgan fingerprint density at radius 3 is 3.00 bits per heavy atom. The van der Waals surface area contributed by atoms with E-state index in [2.05, 4.69) is 26.2 Å². The zero-order valence-corrected chi connectivity index (χ0v) is 16.1. The maximum absolute atomic E-state index is 13.3. The molecule has 1 aliphatic rings. The third-order valence-corrected chi connectivity index (χ3v) is 5.50. The number of aromatic nitrogens is 4. The Balaban J connectivity index is 1.45. The van der Waals surface area contributed by atoms with Crippen molar-refractivity contribution in [2.75, 3.05) is 13.7 Å². The highest BCUT2D eigenvalue weighted by Gasteiger charge is 2.31. The number of ether oxygens (including phenoxy) is 1. The number of fused-ring (bicyclic) bond motifs is 1. The Morgan fingerprint density at radius 1 is 1.24 bits per heavy atom. The predicted octanol–water partition coefficient (Wildman–Crippen LogP) is 3.94. The molecule has 7 heteroatoms. The van der Waals surface area contributed by atoms with Crippen LogP contribution in [-0.4, -0.2) is 44.6 Å². The number of rotatable bonds is 4. The summed E-state index contributed by atoms with van der Waals surface area (Å²) in [5.41, 5.74) is 4.08. The van der Waals surface area contributed by atoms with E-state index in [0.29, 0.717) is 11.3 Å². The summed E-state index contributed by atoms with van der Waals surface area (Å²) in [5.74, 6) is 0.807. The number of hydrogen-bond acceptors (Lipinski definition) is 4. The van der Waals surface area contributed by atoms with Crippen LogP contribution in [0.1, 0.15) is 34.9 Å². The molecule has 5 rings (SSSR count). The molecular formula is C22H21N5O2. The molecule has 1 amide bonds. The fourth-order valence-electron chi connectivity index (χ4n) is 4.03. The van der Waals surface area contributed by atoms with Crippen LogP contribution >= 0.6 is 0 Å². The van der Waals surface area contributed by atoms with Crippen LogP contribution in [0.25, 0.3) is 22.3 Å². The highest BCUT2D eigenvalue weighted by molar-refractivity contribution is 5.98. The number of likely N-dealkylation sites (tertiary alicyclic amines) is 1. The largest absolute Gasteiger partial charge is 0.497 e. The first-order valence-electron chi connectivity index (χ1n) is 9.67. The first-order valence-corrected chi connectivity index (χ1v) is 9.67. The summed E-state index contributed by atoms with van der Waals surface area (Å²) in [6.45, 7) is 0.740. The van der Waals surface area contributed by atoms with Gasteiger partial charge >= 0.3 is 0 Å². The lowest BCUT2D eigenvalue weighted by molar-refractivity contribution is 0.0730. The number of carbonyl (C=O) groups is 1. The minimum Gasteiger partial charge on any atom is -0.497 e. The van der Waals surface area contributed by atoms with Crippen molar-refractivity contribution in [2.24, 2.45) is 0 Å². The van der Waals surface area contributed by atoms with E-state index >= 15 is 0 Å². The van der Waals surface area contributed by atoms with Gasteiger partial charge in [0.2, 0.25) is 0 Å². The van der Waals surface area contributed by atoms with Crippen LogP contribution in [0.4, 0.5) is 0 Å². The third kappa shape index (κ3) is 3.14. The topological polar surface area (TPSA) is 86.9 Å². The first kappa shape index (κ1) is 17.5. The van der Waals surface area contributed by atoms with Crippen LogP contribution in [-0.2, 0) is 0 Å². The van der Waals surface area contributed by atoms with Crippen LogP contribution in [0.5, 0.6) is 5.75 Å². The molecule has 29 heavy (non-hydrogen) atoms. The molecule has 0 spiro atoms. The van der Waals surface area contributed by atoms with Gasteiger partial charge < -0.3 is 14.6 Å². The van der Waals surface area contributed by atoms with E-state index in [1.807, 2.05) is 41.3 Å². The zero-order valence-electron chi connectivity index (χ0n) is 16.1. The number of methoxy groups -OCH3 is 1. The normalized spacial score (nSPS) is 16.4. The first-order chi connectivity index (χ1) is 14.2. The molecule has 1 aromatic carbocycles. The van der Waals surface area contributed by atoms with Gasteiger partial charge in [0.05, 0.1) is 25.0 Å². The summed E-state index contributed by atoms with van der Waals surface area (Å²) < 4.78 is 5.35. The van der Waals surface area contributed by atoms with E-state index in [1.54, 1.807) is 19.5 Å². The average molecular weight is 387 g/mol. The second kappa shape index (κ2) is 7.09. The van der Waals surface area contributed by atoms with Gasteiger partial charge in [-0.15, -0.1) is 0 Å². The molecule has 3 aromatic heterocycles. The Bertz CT molecular complexity index is 1170.